The van der Waals surface area contributed by atoms with Crippen molar-refractivity contribution in [2.45, 2.75) is 31.5 Å². The molecule has 0 N–H and O–H groups in total. The van der Waals surface area contributed by atoms with Gasteiger partial charge in [0.1, 0.15) is 18.5 Å². The Kier molecular flexibility index (Phi) is 5.40. The summed E-state index contributed by atoms with van der Waals surface area (Å²) in [5.74, 6) is 0.790. The molecule has 0 spiro atoms. The molecule has 0 saturated carbocycles. The predicted octanol–water partition coefficient (Wildman–Crippen LogP) is 4.46. The lowest BCUT2D eigenvalue weighted by Gasteiger charge is -2.35. The largest absolute Gasteiger partial charge is 0.491 e. The van der Waals surface area contributed by atoms with Crippen LogP contribution in [0.3, 0.4) is 0 Å². The topological polar surface area (TPSA) is 39.5 Å². The van der Waals surface area contributed by atoms with E-state index in [-0.39, 0.29) is 11.6 Å². The van der Waals surface area contributed by atoms with Crippen molar-refractivity contribution in [2.24, 2.45) is 0 Å². The van der Waals surface area contributed by atoms with Crippen LogP contribution in [-0.4, -0.2) is 34.4 Å². The number of imidazole rings is 1. The number of rotatable bonds is 6. The maximum atomic E-state index is 6.21. The minimum Gasteiger partial charge on any atom is -0.491 e. The highest BCUT2D eigenvalue weighted by molar-refractivity contribution is 6.30. The Balaban J connectivity index is 1.56. The molecular weight excluding hydrogens is 374 g/mol. The van der Waals surface area contributed by atoms with Gasteiger partial charge in [-0.3, -0.25) is 4.84 Å². The van der Waals surface area contributed by atoms with Crippen molar-refractivity contribution in [3.8, 4) is 5.75 Å². The molecule has 1 fully saturated rings. The molecule has 6 heteroatoms. The SMILES string of the molecule is Cc1cccc(C2(Cn3ccnc3)CC(COc3ccc(Cl)cc3)ON2C)c1. The van der Waals surface area contributed by atoms with Crippen molar-refractivity contribution in [1.29, 1.82) is 0 Å². The van der Waals surface area contributed by atoms with Gasteiger partial charge in [-0.1, -0.05) is 41.4 Å². The molecular formula is C22H24ClN3O2. The zero-order chi connectivity index (χ0) is 19.6. The van der Waals surface area contributed by atoms with E-state index in [0.29, 0.717) is 11.6 Å². The average molecular weight is 398 g/mol. The molecule has 1 aromatic heterocycles. The van der Waals surface area contributed by atoms with E-state index < -0.39 is 0 Å². The number of likely N-dealkylation sites (N-methyl/N-ethyl adjacent to an activating group) is 1. The summed E-state index contributed by atoms with van der Waals surface area (Å²) < 4.78 is 8.05. The van der Waals surface area contributed by atoms with E-state index in [9.17, 15) is 0 Å². The summed E-state index contributed by atoms with van der Waals surface area (Å²) in [6.45, 7) is 3.35. The van der Waals surface area contributed by atoms with Gasteiger partial charge in [0.2, 0.25) is 0 Å². The Morgan fingerprint density at radius 2 is 2.07 bits per heavy atom. The minimum atomic E-state index is -0.291. The summed E-state index contributed by atoms with van der Waals surface area (Å²) in [5.41, 5.74) is 2.18. The fourth-order valence-corrected chi connectivity index (χ4v) is 3.97. The second kappa shape index (κ2) is 7.95. The molecule has 0 aliphatic carbocycles. The molecule has 2 heterocycles. The Hall–Kier alpha value is -2.34. The molecule has 2 aromatic carbocycles. The molecule has 28 heavy (non-hydrogen) atoms. The molecule has 1 saturated heterocycles. The highest BCUT2D eigenvalue weighted by atomic mass is 35.5. The van der Waals surface area contributed by atoms with Crippen LogP contribution in [-0.2, 0) is 16.9 Å². The number of halogens is 1. The normalized spacial score (nSPS) is 22.5. The Morgan fingerprint density at radius 3 is 2.79 bits per heavy atom. The number of hydrogen-bond donors (Lipinski definition) is 0. The fraction of sp³-hybridized carbons (Fsp3) is 0.318. The maximum absolute atomic E-state index is 6.21. The van der Waals surface area contributed by atoms with Crippen LogP contribution in [0.25, 0.3) is 0 Å². The fourth-order valence-electron chi connectivity index (χ4n) is 3.85. The van der Waals surface area contributed by atoms with Crippen molar-refractivity contribution in [2.75, 3.05) is 13.7 Å². The molecule has 2 atom stereocenters. The van der Waals surface area contributed by atoms with E-state index >= 15 is 0 Å². The van der Waals surface area contributed by atoms with E-state index in [2.05, 4.69) is 40.7 Å². The van der Waals surface area contributed by atoms with E-state index in [4.69, 9.17) is 21.2 Å². The van der Waals surface area contributed by atoms with Crippen LogP contribution < -0.4 is 4.74 Å². The highest BCUT2D eigenvalue weighted by Gasteiger charge is 2.47. The zero-order valence-corrected chi connectivity index (χ0v) is 16.8. The Bertz CT molecular complexity index is 914. The molecule has 0 radical (unpaired) electrons. The van der Waals surface area contributed by atoms with E-state index in [1.807, 2.05) is 48.9 Å². The lowest BCUT2D eigenvalue weighted by atomic mass is 9.84. The van der Waals surface area contributed by atoms with Gasteiger partial charge in [0.25, 0.3) is 0 Å². The number of benzene rings is 2. The minimum absolute atomic E-state index is 0.0512. The average Bonchev–Trinajstić information content (AvgIpc) is 3.30. The molecule has 1 aliphatic heterocycles. The smallest absolute Gasteiger partial charge is 0.119 e. The van der Waals surface area contributed by atoms with Crippen LogP contribution in [0.5, 0.6) is 5.75 Å². The third-order valence-electron chi connectivity index (χ3n) is 5.28. The zero-order valence-electron chi connectivity index (χ0n) is 16.1. The Morgan fingerprint density at radius 1 is 1.25 bits per heavy atom. The van der Waals surface area contributed by atoms with Crippen molar-refractivity contribution in [3.63, 3.8) is 0 Å². The van der Waals surface area contributed by atoms with Crippen molar-refractivity contribution in [1.82, 2.24) is 14.6 Å². The number of aryl methyl sites for hydroxylation is 1. The summed E-state index contributed by atoms with van der Waals surface area (Å²) in [6.07, 6.45) is 6.41. The number of nitrogens with zero attached hydrogens (tertiary/aromatic N) is 3. The molecule has 1 aliphatic rings. The molecule has 0 amide bonds. The highest BCUT2D eigenvalue weighted by Crippen LogP contribution is 2.41. The standard InChI is InChI=1S/C22H24ClN3O2/c1-17-4-3-5-18(12-17)22(15-26-11-10-24-16-26)13-21(28-25(22)2)14-27-20-8-6-19(23)7-9-20/h3-12,16,21H,13-15H2,1-2H3. The number of ether oxygens (including phenoxy) is 1. The third kappa shape index (κ3) is 3.92. The monoisotopic (exact) mass is 397 g/mol. The van der Waals surface area contributed by atoms with Crippen LogP contribution in [0.4, 0.5) is 0 Å². The van der Waals surface area contributed by atoms with E-state index in [1.54, 1.807) is 6.20 Å². The first kappa shape index (κ1) is 19.0. The first-order valence-corrected chi connectivity index (χ1v) is 9.75. The summed E-state index contributed by atoms with van der Waals surface area (Å²) in [6, 6.07) is 16.0. The van der Waals surface area contributed by atoms with Crippen LogP contribution in [0.2, 0.25) is 5.02 Å². The maximum Gasteiger partial charge on any atom is 0.119 e. The summed E-state index contributed by atoms with van der Waals surface area (Å²) in [5, 5.41) is 2.68. The molecule has 2 unspecified atom stereocenters. The van der Waals surface area contributed by atoms with Crippen molar-refractivity contribution >= 4 is 11.6 Å². The molecule has 0 bridgehead atoms. The van der Waals surface area contributed by atoms with Gasteiger partial charge in [0, 0.05) is 37.4 Å². The lowest BCUT2D eigenvalue weighted by molar-refractivity contribution is -0.179. The van der Waals surface area contributed by atoms with Gasteiger partial charge >= 0.3 is 0 Å². The van der Waals surface area contributed by atoms with Gasteiger partial charge in [-0.15, -0.1) is 0 Å². The van der Waals surface area contributed by atoms with Crippen LogP contribution in [0.1, 0.15) is 17.5 Å². The van der Waals surface area contributed by atoms with Gasteiger partial charge in [-0.05, 0) is 36.8 Å². The first-order chi connectivity index (χ1) is 13.5. The second-order valence-electron chi connectivity index (χ2n) is 7.33. The first-order valence-electron chi connectivity index (χ1n) is 9.37. The summed E-state index contributed by atoms with van der Waals surface area (Å²) in [4.78, 5) is 10.4. The second-order valence-corrected chi connectivity index (χ2v) is 7.77. The van der Waals surface area contributed by atoms with E-state index in [1.165, 1.54) is 11.1 Å². The van der Waals surface area contributed by atoms with Gasteiger partial charge in [-0.25, -0.2) is 4.98 Å². The summed E-state index contributed by atoms with van der Waals surface area (Å²) in [7, 11) is 2.00. The van der Waals surface area contributed by atoms with Crippen molar-refractivity contribution < 1.29 is 9.57 Å². The predicted molar refractivity (Wildman–Crippen MR) is 109 cm³/mol. The van der Waals surface area contributed by atoms with Crippen LogP contribution in [0, 0.1) is 6.92 Å². The van der Waals surface area contributed by atoms with Crippen molar-refractivity contribution in [3.05, 3.63) is 83.4 Å². The van der Waals surface area contributed by atoms with Crippen LogP contribution >= 0.6 is 11.6 Å². The van der Waals surface area contributed by atoms with Crippen LogP contribution in [0.15, 0.2) is 67.3 Å². The third-order valence-corrected chi connectivity index (χ3v) is 5.54. The summed E-state index contributed by atoms with van der Waals surface area (Å²) >= 11 is 5.95. The number of hydroxylamine groups is 2. The van der Waals surface area contributed by atoms with Gasteiger partial charge in [0.15, 0.2) is 0 Å². The lowest BCUT2D eigenvalue weighted by Crippen LogP contribution is -2.41. The van der Waals surface area contributed by atoms with Gasteiger partial charge in [0.05, 0.1) is 11.9 Å². The number of hydrogen-bond acceptors (Lipinski definition) is 4. The molecule has 4 rings (SSSR count). The molecule has 5 nitrogen and oxygen atoms in total. The molecule has 3 aromatic rings. The Labute approximate surface area is 170 Å². The van der Waals surface area contributed by atoms with E-state index in [0.717, 1.165) is 18.7 Å². The number of aromatic nitrogens is 2. The molecule has 146 valence electrons. The van der Waals surface area contributed by atoms with Gasteiger partial charge in [-0.2, -0.15) is 5.06 Å². The quantitative estimate of drug-likeness (QED) is 0.615. The van der Waals surface area contributed by atoms with Gasteiger partial charge < -0.3 is 9.30 Å².